The number of hydrogen-bond donors (Lipinski definition) is 0. The molecule has 0 N–H and O–H groups in total. The zero-order chi connectivity index (χ0) is 12.2. The smallest absolute Gasteiger partial charge is 0.311 e. The summed E-state index contributed by atoms with van der Waals surface area (Å²) in [7, 11) is -2.14. The molecule has 16 heavy (non-hydrogen) atoms. The summed E-state index contributed by atoms with van der Waals surface area (Å²) in [4.78, 5) is 0. The molecule has 3 nitrogen and oxygen atoms in total. The van der Waals surface area contributed by atoms with Crippen molar-refractivity contribution in [3.63, 3.8) is 0 Å². The maximum Gasteiger partial charge on any atom is 0.319 e. The molecule has 0 aromatic heterocycles. The third kappa shape index (κ3) is 8.42. The number of hydrogen-bond acceptors (Lipinski definition) is 3. The fourth-order valence-electron chi connectivity index (χ4n) is 0.866. The molecule has 0 bridgehead atoms. The molecule has 1 aromatic carbocycles. The molecule has 1 rings (SSSR count). The topological polar surface area (TPSA) is 35.5 Å². The zero-order valence-corrected chi connectivity index (χ0v) is 10.8. The van der Waals surface area contributed by atoms with Gasteiger partial charge in [-0.1, -0.05) is 43.0 Å². The summed E-state index contributed by atoms with van der Waals surface area (Å²) in [5, 5.41) is 0. The molecule has 0 saturated heterocycles. The fraction of sp³-hybridized carbons (Fsp3) is 0.333. The van der Waals surface area contributed by atoms with E-state index in [2.05, 4.69) is 15.6 Å². The molecule has 0 aliphatic carbocycles. The van der Waals surface area contributed by atoms with Gasteiger partial charge in [0.25, 0.3) is 0 Å². The van der Waals surface area contributed by atoms with E-state index in [1.165, 1.54) is 5.56 Å². The summed E-state index contributed by atoms with van der Waals surface area (Å²) in [6.45, 7) is 8.10. The number of benzene rings is 1. The maximum absolute atomic E-state index is 10.4. The van der Waals surface area contributed by atoms with E-state index in [0.717, 1.165) is 0 Å². The Kier molecular flexibility index (Phi) is 10.0. The highest BCUT2D eigenvalue weighted by molar-refractivity contribution is 7.33. The molecule has 0 atom stereocenters. The van der Waals surface area contributed by atoms with Crippen LogP contribution in [-0.2, 0) is 13.6 Å². The van der Waals surface area contributed by atoms with Crippen LogP contribution in [0.5, 0.6) is 0 Å². The molecule has 4 heteroatoms. The van der Waals surface area contributed by atoms with Gasteiger partial charge in [0.05, 0.1) is 13.2 Å². The summed E-state index contributed by atoms with van der Waals surface area (Å²) < 4.78 is 19.6. The minimum atomic E-state index is -2.14. The molecule has 0 fully saturated rings. The summed E-state index contributed by atoms with van der Waals surface area (Å²) >= 11 is 0. The van der Waals surface area contributed by atoms with Crippen molar-refractivity contribution in [2.75, 3.05) is 13.2 Å². The first-order valence-electron chi connectivity index (χ1n) is 5.21. The van der Waals surface area contributed by atoms with E-state index in [-0.39, 0.29) is 0 Å². The highest BCUT2D eigenvalue weighted by Gasteiger charge is 1.91. The van der Waals surface area contributed by atoms with Gasteiger partial charge in [-0.15, -0.1) is 0 Å². The minimum Gasteiger partial charge on any atom is -0.311 e. The van der Waals surface area contributed by atoms with Crippen molar-refractivity contribution in [3.05, 3.63) is 42.5 Å². The van der Waals surface area contributed by atoms with Crippen LogP contribution in [0.4, 0.5) is 0 Å². The summed E-state index contributed by atoms with van der Waals surface area (Å²) in [5.41, 5.74) is 1.17. The first-order chi connectivity index (χ1) is 7.74. The highest BCUT2D eigenvalue weighted by atomic mass is 31.1. The quantitative estimate of drug-likeness (QED) is 0.737. The Balaban J connectivity index is 0.000000281. The van der Waals surface area contributed by atoms with Crippen molar-refractivity contribution >= 4 is 14.3 Å². The average Bonchev–Trinajstić information content (AvgIpc) is 2.32. The van der Waals surface area contributed by atoms with Crippen molar-refractivity contribution in [1.82, 2.24) is 0 Å². The SMILES string of the molecule is C=Cc1ccccc1.CCO[PH](=O)OCC. The van der Waals surface area contributed by atoms with Gasteiger partial charge in [-0.05, 0) is 19.4 Å². The first kappa shape index (κ1) is 15.1. The molecule has 0 aliphatic heterocycles. The fourth-order valence-corrected chi connectivity index (χ4v) is 1.42. The Morgan fingerprint density at radius 1 is 1.19 bits per heavy atom. The van der Waals surface area contributed by atoms with Crippen molar-refractivity contribution < 1.29 is 13.6 Å². The van der Waals surface area contributed by atoms with Crippen LogP contribution in [0.3, 0.4) is 0 Å². The molecule has 0 amide bonds. The first-order valence-corrected chi connectivity index (χ1v) is 6.44. The van der Waals surface area contributed by atoms with Gasteiger partial charge < -0.3 is 9.05 Å². The normalized spacial score (nSPS) is 9.44. The van der Waals surface area contributed by atoms with Crippen LogP contribution in [0.25, 0.3) is 6.08 Å². The van der Waals surface area contributed by atoms with E-state index in [1.54, 1.807) is 13.8 Å². The molecular formula is C12H19O3P. The molecule has 0 radical (unpaired) electrons. The van der Waals surface area contributed by atoms with E-state index in [4.69, 9.17) is 0 Å². The second-order valence-corrected chi connectivity index (χ2v) is 3.81. The molecule has 0 spiro atoms. The Morgan fingerprint density at radius 2 is 1.69 bits per heavy atom. The van der Waals surface area contributed by atoms with Crippen molar-refractivity contribution in [2.24, 2.45) is 0 Å². The average molecular weight is 242 g/mol. The van der Waals surface area contributed by atoms with E-state index < -0.39 is 8.25 Å². The van der Waals surface area contributed by atoms with E-state index >= 15 is 0 Å². The third-order valence-electron chi connectivity index (χ3n) is 1.56. The lowest BCUT2D eigenvalue weighted by Crippen LogP contribution is -1.81. The zero-order valence-electron chi connectivity index (χ0n) is 9.81. The lowest BCUT2D eigenvalue weighted by atomic mass is 10.2. The Labute approximate surface area is 98.0 Å². The molecular weight excluding hydrogens is 223 g/mol. The van der Waals surface area contributed by atoms with Gasteiger partial charge in [0.15, 0.2) is 0 Å². The lowest BCUT2D eigenvalue weighted by molar-refractivity contribution is 0.243. The summed E-state index contributed by atoms with van der Waals surface area (Å²) in [6, 6.07) is 10.0. The van der Waals surface area contributed by atoms with Gasteiger partial charge in [0, 0.05) is 0 Å². The van der Waals surface area contributed by atoms with Crippen LogP contribution in [-0.4, -0.2) is 13.2 Å². The third-order valence-corrected chi connectivity index (χ3v) is 2.61. The monoisotopic (exact) mass is 242 g/mol. The molecule has 0 heterocycles. The van der Waals surface area contributed by atoms with Crippen molar-refractivity contribution in [2.45, 2.75) is 13.8 Å². The maximum atomic E-state index is 10.4. The molecule has 1 aromatic rings. The molecule has 90 valence electrons. The van der Waals surface area contributed by atoms with E-state index in [0.29, 0.717) is 13.2 Å². The lowest BCUT2D eigenvalue weighted by Gasteiger charge is -1.97. The summed E-state index contributed by atoms with van der Waals surface area (Å²) in [6.07, 6.45) is 1.83. The van der Waals surface area contributed by atoms with Gasteiger partial charge in [0.2, 0.25) is 0 Å². The predicted molar refractivity (Wildman–Crippen MR) is 68.8 cm³/mol. The van der Waals surface area contributed by atoms with Gasteiger partial charge in [-0.3, -0.25) is 4.57 Å². The van der Waals surface area contributed by atoms with Crippen molar-refractivity contribution in [1.29, 1.82) is 0 Å². The molecule has 0 aliphatic rings. The Bertz CT molecular complexity index is 290. The molecule has 0 saturated carbocycles. The largest absolute Gasteiger partial charge is 0.319 e. The second kappa shape index (κ2) is 10.6. The van der Waals surface area contributed by atoms with Crippen LogP contribution in [0.2, 0.25) is 0 Å². The standard InChI is InChI=1S/C8H8.C4H11O3P/c1-2-8-6-4-3-5-7-8;1-3-6-8(5)7-4-2/h2-7H,1H2;8H,3-4H2,1-2H3. The van der Waals surface area contributed by atoms with Gasteiger partial charge in [-0.25, -0.2) is 0 Å². The van der Waals surface area contributed by atoms with Gasteiger partial charge in [0.1, 0.15) is 0 Å². The van der Waals surface area contributed by atoms with Gasteiger partial charge in [-0.2, -0.15) is 0 Å². The van der Waals surface area contributed by atoms with Gasteiger partial charge >= 0.3 is 8.25 Å². The van der Waals surface area contributed by atoms with Crippen LogP contribution in [0.1, 0.15) is 19.4 Å². The van der Waals surface area contributed by atoms with Crippen LogP contribution in [0, 0.1) is 0 Å². The Morgan fingerprint density at radius 3 is 2.00 bits per heavy atom. The van der Waals surface area contributed by atoms with Crippen molar-refractivity contribution in [3.8, 4) is 0 Å². The second-order valence-electron chi connectivity index (χ2n) is 2.73. The highest BCUT2D eigenvalue weighted by Crippen LogP contribution is 2.21. The van der Waals surface area contributed by atoms with E-state index in [1.807, 2.05) is 36.4 Å². The number of rotatable bonds is 5. The van der Waals surface area contributed by atoms with E-state index in [9.17, 15) is 4.57 Å². The predicted octanol–water partition coefficient (Wildman–Crippen LogP) is 3.78. The van der Waals surface area contributed by atoms with Crippen LogP contribution in [0.15, 0.2) is 36.9 Å². The van der Waals surface area contributed by atoms with Crippen LogP contribution < -0.4 is 0 Å². The minimum absolute atomic E-state index is 0.456. The van der Waals surface area contributed by atoms with Crippen LogP contribution >= 0.6 is 8.25 Å². The molecule has 0 unspecified atom stereocenters. The summed E-state index contributed by atoms with van der Waals surface area (Å²) in [5.74, 6) is 0. The Hall–Kier alpha value is -0.890.